The maximum Gasteiger partial charge on any atom is 0.297 e. The van der Waals surface area contributed by atoms with Crippen LogP contribution >= 0.6 is 0 Å². The van der Waals surface area contributed by atoms with Crippen molar-refractivity contribution >= 4 is 10.9 Å². The van der Waals surface area contributed by atoms with Crippen molar-refractivity contribution in [3.8, 4) is 6.01 Å². The topological polar surface area (TPSA) is 76.2 Å². The molecule has 1 unspecified atom stereocenters. The SMILES string of the molecule is C=C[C@@H](COc1nc2ccccc2c(=O)[nH]1)NC1CCOC1. The largest absolute Gasteiger partial charge is 0.463 e. The second-order valence-electron chi connectivity index (χ2n) is 5.27. The first-order valence-electron chi connectivity index (χ1n) is 7.34. The molecule has 3 rings (SSSR count). The number of hydrogen-bond donors (Lipinski definition) is 2. The molecule has 1 aromatic heterocycles. The van der Waals surface area contributed by atoms with Crippen LogP contribution in [0.1, 0.15) is 6.42 Å². The van der Waals surface area contributed by atoms with Crippen molar-refractivity contribution in [2.24, 2.45) is 0 Å². The van der Waals surface area contributed by atoms with Crippen LogP contribution in [-0.2, 0) is 4.74 Å². The van der Waals surface area contributed by atoms with Crippen LogP contribution in [0.25, 0.3) is 10.9 Å². The maximum absolute atomic E-state index is 12.0. The van der Waals surface area contributed by atoms with E-state index in [-0.39, 0.29) is 17.6 Å². The molecule has 1 aliphatic heterocycles. The average Bonchev–Trinajstić information content (AvgIpc) is 3.04. The molecular weight excluding hydrogens is 282 g/mol. The zero-order valence-corrected chi connectivity index (χ0v) is 12.2. The minimum absolute atomic E-state index is 0.0246. The Morgan fingerprint density at radius 2 is 2.41 bits per heavy atom. The van der Waals surface area contributed by atoms with Gasteiger partial charge in [0.15, 0.2) is 0 Å². The third kappa shape index (κ3) is 3.35. The number of hydrogen-bond acceptors (Lipinski definition) is 5. The summed E-state index contributed by atoms with van der Waals surface area (Å²) >= 11 is 0. The molecule has 2 N–H and O–H groups in total. The number of nitrogens with one attached hydrogen (secondary N) is 2. The zero-order valence-electron chi connectivity index (χ0n) is 12.2. The highest BCUT2D eigenvalue weighted by Gasteiger charge is 2.18. The highest BCUT2D eigenvalue weighted by Crippen LogP contribution is 2.10. The van der Waals surface area contributed by atoms with Gasteiger partial charge < -0.3 is 14.8 Å². The first kappa shape index (κ1) is 14.7. The molecule has 1 fully saturated rings. The normalized spacial score (nSPS) is 19.2. The maximum atomic E-state index is 12.0. The molecule has 0 spiro atoms. The fourth-order valence-electron chi connectivity index (χ4n) is 2.45. The second kappa shape index (κ2) is 6.72. The quantitative estimate of drug-likeness (QED) is 0.785. The van der Waals surface area contributed by atoms with E-state index in [0.717, 1.165) is 13.0 Å². The van der Waals surface area contributed by atoms with Crippen molar-refractivity contribution in [3.05, 3.63) is 47.3 Å². The summed E-state index contributed by atoms with van der Waals surface area (Å²) in [6.07, 6.45) is 2.77. The van der Waals surface area contributed by atoms with Crippen molar-refractivity contribution in [3.63, 3.8) is 0 Å². The van der Waals surface area contributed by atoms with Crippen molar-refractivity contribution in [2.75, 3.05) is 19.8 Å². The van der Waals surface area contributed by atoms with Crippen LogP contribution < -0.4 is 15.6 Å². The smallest absolute Gasteiger partial charge is 0.297 e. The van der Waals surface area contributed by atoms with Gasteiger partial charge in [-0.3, -0.25) is 9.78 Å². The van der Waals surface area contributed by atoms with Gasteiger partial charge in [0.2, 0.25) is 0 Å². The predicted molar refractivity (Wildman–Crippen MR) is 84.2 cm³/mol. The van der Waals surface area contributed by atoms with E-state index in [2.05, 4.69) is 21.9 Å². The van der Waals surface area contributed by atoms with E-state index >= 15 is 0 Å². The molecule has 6 heteroatoms. The van der Waals surface area contributed by atoms with Gasteiger partial charge in [-0.1, -0.05) is 18.2 Å². The number of ether oxygens (including phenoxy) is 2. The van der Waals surface area contributed by atoms with E-state index in [9.17, 15) is 4.79 Å². The fourth-order valence-corrected chi connectivity index (χ4v) is 2.45. The molecule has 0 amide bonds. The number of H-pyrrole nitrogens is 1. The first-order valence-corrected chi connectivity index (χ1v) is 7.34. The van der Waals surface area contributed by atoms with Gasteiger partial charge in [-0.05, 0) is 18.6 Å². The van der Waals surface area contributed by atoms with Gasteiger partial charge >= 0.3 is 0 Å². The summed E-state index contributed by atoms with van der Waals surface area (Å²) in [4.78, 5) is 18.9. The van der Waals surface area contributed by atoms with Crippen molar-refractivity contribution in [2.45, 2.75) is 18.5 Å². The van der Waals surface area contributed by atoms with E-state index < -0.39 is 0 Å². The molecule has 6 nitrogen and oxygen atoms in total. The lowest BCUT2D eigenvalue weighted by molar-refractivity contribution is 0.185. The Balaban J connectivity index is 1.67. The van der Waals surface area contributed by atoms with Crippen LogP contribution in [0.4, 0.5) is 0 Å². The van der Waals surface area contributed by atoms with E-state index in [1.807, 2.05) is 6.07 Å². The Bertz CT molecular complexity index is 707. The number of nitrogens with zero attached hydrogens (tertiary/aromatic N) is 1. The van der Waals surface area contributed by atoms with Gasteiger partial charge in [0.25, 0.3) is 11.6 Å². The van der Waals surface area contributed by atoms with Crippen LogP contribution in [0.2, 0.25) is 0 Å². The highest BCUT2D eigenvalue weighted by molar-refractivity contribution is 5.77. The van der Waals surface area contributed by atoms with E-state index in [1.165, 1.54) is 0 Å². The molecule has 0 bridgehead atoms. The number of fused-ring (bicyclic) bond motifs is 1. The summed E-state index contributed by atoms with van der Waals surface area (Å²) in [5.74, 6) is 0. The van der Waals surface area contributed by atoms with Gasteiger partial charge in [0.05, 0.1) is 23.6 Å². The van der Waals surface area contributed by atoms with Crippen LogP contribution in [0.5, 0.6) is 6.01 Å². The lowest BCUT2D eigenvalue weighted by Crippen LogP contribution is -2.41. The number of aromatic amines is 1. The molecule has 2 aromatic rings. The van der Waals surface area contributed by atoms with Crippen molar-refractivity contribution in [1.82, 2.24) is 15.3 Å². The summed E-state index contributed by atoms with van der Waals surface area (Å²) in [6, 6.07) is 7.68. The summed E-state index contributed by atoms with van der Waals surface area (Å²) in [6.45, 7) is 5.64. The standard InChI is InChI=1S/C16H19N3O3/c1-2-11(17-12-7-8-21-9-12)10-22-16-18-14-6-4-3-5-13(14)15(20)19-16/h2-6,11-12,17H,1,7-10H2,(H,18,19,20)/t11-,12?/m0/s1. The molecule has 1 saturated heterocycles. The highest BCUT2D eigenvalue weighted by atomic mass is 16.5. The third-order valence-corrected chi connectivity index (χ3v) is 3.65. The lowest BCUT2D eigenvalue weighted by Gasteiger charge is -2.19. The number of para-hydroxylation sites is 1. The van der Waals surface area contributed by atoms with E-state index in [4.69, 9.17) is 9.47 Å². The summed E-state index contributed by atoms with van der Waals surface area (Å²) in [5, 5.41) is 3.95. The second-order valence-corrected chi connectivity index (χ2v) is 5.27. The Hall–Kier alpha value is -2.18. The van der Waals surface area contributed by atoms with Gasteiger partial charge in [-0.15, -0.1) is 6.58 Å². The molecular formula is C16H19N3O3. The van der Waals surface area contributed by atoms with Gasteiger partial charge in [-0.25, -0.2) is 0 Å². The molecule has 2 heterocycles. The molecule has 1 aliphatic rings. The minimum atomic E-state index is -0.201. The van der Waals surface area contributed by atoms with Crippen molar-refractivity contribution in [1.29, 1.82) is 0 Å². The molecule has 2 atom stereocenters. The Labute approximate surface area is 128 Å². The van der Waals surface area contributed by atoms with Crippen LogP contribution in [0, 0.1) is 0 Å². The van der Waals surface area contributed by atoms with Crippen LogP contribution in [0.3, 0.4) is 0 Å². The number of rotatable bonds is 6. The average molecular weight is 301 g/mol. The predicted octanol–water partition coefficient (Wildman–Crippen LogP) is 1.23. The number of benzene rings is 1. The van der Waals surface area contributed by atoms with Crippen LogP contribution in [0.15, 0.2) is 41.7 Å². The fraction of sp³-hybridized carbons (Fsp3) is 0.375. The number of aromatic nitrogens is 2. The lowest BCUT2D eigenvalue weighted by atomic mass is 10.2. The zero-order chi connectivity index (χ0) is 15.4. The van der Waals surface area contributed by atoms with Gasteiger partial charge in [0.1, 0.15) is 6.61 Å². The third-order valence-electron chi connectivity index (χ3n) is 3.65. The minimum Gasteiger partial charge on any atom is -0.463 e. The molecule has 0 radical (unpaired) electrons. The molecule has 1 aromatic carbocycles. The first-order chi connectivity index (χ1) is 10.8. The Kier molecular flexibility index (Phi) is 4.50. The van der Waals surface area contributed by atoms with E-state index in [1.54, 1.807) is 24.3 Å². The Morgan fingerprint density at radius 3 is 3.18 bits per heavy atom. The Morgan fingerprint density at radius 1 is 1.55 bits per heavy atom. The molecule has 22 heavy (non-hydrogen) atoms. The summed E-state index contributed by atoms with van der Waals surface area (Å²) in [5.41, 5.74) is 0.418. The van der Waals surface area contributed by atoms with Gasteiger partial charge in [-0.2, -0.15) is 4.98 Å². The summed E-state index contributed by atoms with van der Waals surface area (Å²) < 4.78 is 10.9. The van der Waals surface area contributed by atoms with E-state index in [0.29, 0.717) is 30.2 Å². The molecule has 0 aliphatic carbocycles. The molecule has 116 valence electrons. The van der Waals surface area contributed by atoms with Crippen LogP contribution in [-0.4, -0.2) is 41.9 Å². The summed E-state index contributed by atoms with van der Waals surface area (Å²) in [7, 11) is 0. The monoisotopic (exact) mass is 301 g/mol. The van der Waals surface area contributed by atoms with Gasteiger partial charge in [0, 0.05) is 12.6 Å². The van der Waals surface area contributed by atoms with Crippen molar-refractivity contribution < 1.29 is 9.47 Å². The molecule has 0 saturated carbocycles.